The van der Waals surface area contributed by atoms with E-state index in [-0.39, 0.29) is 0 Å². The second-order valence-corrected chi connectivity index (χ2v) is 2.24. The standard InChI is InChI=1S/C7H10F4O3/c1-3-13-5(12)6(8,9)7(10,11)14-4-2/h3-4H2,1-2H3. The Morgan fingerprint density at radius 3 is 2.00 bits per heavy atom. The Labute approximate surface area is 78.0 Å². The maximum Gasteiger partial charge on any atom is 0.431 e. The van der Waals surface area contributed by atoms with Crippen LogP contribution in [0.4, 0.5) is 17.6 Å². The molecule has 0 aromatic heterocycles. The molecule has 3 nitrogen and oxygen atoms in total. The predicted octanol–water partition coefficient (Wildman–Crippen LogP) is 1.81. The summed E-state index contributed by atoms with van der Waals surface area (Å²) in [4.78, 5) is 10.5. The van der Waals surface area contributed by atoms with Crippen molar-refractivity contribution < 1.29 is 31.8 Å². The van der Waals surface area contributed by atoms with Crippen molar-refractivity contribution in [2.45, 2.75) is 25.9 Å². The first kappa shape index (κ1) is 13.2. The van der Waals surface area contributed by atoms with E-state index in [1.54, 1.807) is 0 Å². The van der Waals surface area contributed by atoms with Crippen molar-refractivity contribution in [3.63, 3.8) is 0 Å². The number of carbonyl (C=O) groups is 1. The third-order valence-electron chi connectivity index (χ3n) is 1.22. The van der Waals surface area contributed by atoms with E-state index in [1.165, 1.54) is 6.92 Å². The molecule has 0 aromatic rings. The van der Waals surface area contributed by atoms with Gasteiger partial charge < -0.3 is 9.47 Å². The van der Waals surface area contributed by atoms with Crippen molar-refractivity contribution in [3.05, 3.63) is 0 Å². The lowest BCUT2D eigenvalue weighted by Gasteiger charge is -2.23. The Morgan fingerprint density at radius 2 is 1.64 bits per heavy atom. The van der Waals surface area contributed by atoms with Crippen molar-refractivity contribution in [3.8, 4) is 0 Å². The Morgan fingerprint density at radius 1 is 1.14 bits per heavy atom. The van der Waals surface area contributed by atoms with Gasteiger partial charge in [0.1, 0.15) is 0 Å². The third-order valence-corrected chi connectivity index (χ3v) is 1.22. The summed E-state index contributed by atoms with van der Waals surface area (Å²) in [6.45, 7) is 1.29. The van der Waals surface area contributed by atoms with Crippen molar-refractivity contribution in [1.29, 1.82) is 0 Å². The first-order valence-corrected chi connectivity index (χ1v) is 3.86. The van der Waals surface area contributed by atoms with Gasteiger partial charge in [-0.1, -0.05) is 0 Å². The van der Waals surface area contributed by atoms with Crippen LogP contribution < -0.4 is 0 Å². The number of esters is 1. The normalized spacial score (nSPS) is 12.7. The van der Waals surface area contributed by atoms with E-state index >= 15 is 0 Å². The smallest absolute Gasteiger partial charge is 0.431 e. The monoisotopic (exact) mass is 218 g/mol. The molecule has 14 heavy (non-hydrogen) atoms. The Bertz CT molecular complexity index is 205. The Hall–Kier alpha value is -0.850. The molecule has 7 heteroatoms. The number of halogens is 4. The number of rotatable bonds is 5. The maximum atomic E-state index is 12.6. The molecule has 0 aliphatic heterocycles. The molecule has 0 aliphatic rings. The zero-order valence-electron chi connectivity index (χ0n) is 7.65. The van der Waals surface area contributed by atoms with Gasteiger partial charge in [-0.05, 0) is 13.8 Å². The topological polar surface area (TPSA) is 35.5 Å². The summed E-state index contributed by atoms with van der Waals surface area (Å²) in [6, 6.07) is 0. The van der Waals surface area contributed by atoms with Gasteiger partial charge in [0.2, 0.25) is 0 Å². The van der Waals surface area contributed by atoms with Crippen LogP contribution in [0.25, 0.3) is 0 Å². The highest BCUT2D eigenvalue weighted by Crippen LogP contribution is 2.36. The van der Waals surface area contributed by atoms with Gasteiger partial charge in [0.15, 0.2) is 0 Å². The number of hydrogen-bond donors (Lipinski definition) is 0. The molecule has 0 fully saturated rings. The van der Waals surface area contributed by atoms with Gasteiger partial charge in [0, 0.05) is 0 Å². The minimum absolute atomic E-state index is 0.406. The minimum atomic E-state index is -4.96. The van der Waals surface area contributed by atoms with E-state index in [0.29, 0.717) is 0 Å². The first-order chi connectivity index (χ1) is 6.29. The fourth-order valence-electron chi connectivity index (χ4n) is 0.612. The summed E-state index contributed by atoms with van der Waals surface area (Å²) in [7, 11) is 0. The lowest BCUT2D eigenvalue weighted by Crippen LogP contribution is -2.49. The molecule has 0 aliphatic carbocycles. The van der Waals surface area contributed by atoms with E-state index in [9.17, 15) is 22.4 Å². The molecule has 0 saturated carbocycles. The van der Waals surface area contributed by atoms with Crippen LogP contribution in [0.2, 0.25) is 0 Å². The Balaban J connectivity index is 4.65. The summed E-state index contributed by atoms with van der Waals surface area (Å²) < 4.78 is 57.5. The van der Waals surface area contributed by atoms with Crippen LogP contribution in [0.15, 0.2) is 0 Å². The van der Waals surface area contributed by atoms with Crippen LogP contribution in [0.3, 0.4) is 0 Å². The summed E-state index contributed by atoms with van der Waals surface area (Å²) in [5.74, 6) is -7.25. The van der Waals surface area contributed by atoms with Gasteiger partial charge in [-0.25, -0.2) is 4.79 Å². The van der Waals surface area contributed by atoms with Gasteiger partial charge in [0.05, 0.1) is 13.2 Å². The van der Waals surface area contributed by atoms with E-state index < -0.39 is 31.2 Å². The predicted molar refractivity (Wildman–Crippen MR) is 38.2 cm³/mol. The number of ether oxygens (including phenoxy) is 2. The molecule has 0 atom stereocenters. The van der Waals surface area contributed by atoms with Crippen LogP contribution in [0, 0.1) is 0 Å². The second-order valence-electron chi connectivity index (χ2n) is 2.24. The quantitative estimate of drug-likeness (QED) is 0.521. The minimum Gasteiger partial charge on any atom is -0.461 e. The van der Waals surface area contributed by atoms with Crippen molar-refractivity contribution >= 4 is 5.97 Å². The van der Waals surface area contributed by atoms with Crippen LogP contribution in [0.1, 0.15) is 13.8 Å². The lowest BCUT2D eigenvalue weighted by atomic mass is 10.3. The van der Waals surface area contributed by atoms with E-state index in [4.69, 9.17) is 0 Å². The van der Waals surface area contributed by atoms with Crippen molar-refractivity contribution in [1.82, 2.24) is 0 Å². The highest BCUT2D eigenvalue weighted by molar-refractivity contribution is 5.78. The average Bonchev–Trinajstić information content (AvgIpc) is 2.04. The summed E-state index contributed by atoms with van der Waals surface area (Å²) >= 11 is 0. The SMILES string of the molecule is CCOC(=O)C(F)(F)C(F)(F)OCC. The van der Waals surface area contributed by atoms with Crippen LogP contribution in [0.5, 0.6) is 0 Å². The van der Waals surface area contributed by atoms with Gasteiger partial charge in [0.25, 0.3) is 0 Å². The molecule has 0 amide bonds. The molecule has 0 bridgehead atoms. The van der Waals surface area contributed by atoms with Gasteiger partial charge in [-0.3, -0.25) is 0 Å². The third kappa shape index (κ3) is 2.57. The Kier molecular flexibility index (Phi) is 4.31. The maximum absolute atomic E-state index is 12.6. The zero-order valence-corrected chi connectivity index (χ0v) is 7.65. The summed E-state index contributed by atoms with van der Waals surface area (Å²) in [5, 5.41) is 0. The molecular formula is C7H10F4O3. The van der Waals surface area contributed by atoms with Gasteiger partial charge >= 0.3 is 18.0 Å². The van der Waals surface area contributed by atoms with Crippen molar-refractivity contribution in [2.75, 3.05) is 13.2 Å². The molecule has 0 aromatic carbocycles. The molecule has 0 radical (unpaired) electrons. The largest absolute Gasteiger partial charge is 0.461 e. The molecular weight excluding hydrogens is 208 g/mol. The van der Waals surface area contributed by atoms with Gasteiger partial charge in [-0.15, -0.1) is 0 Å². The average molecular weight is 218 g/mol. The van der Waals surface area contributed by atoms with Crippen LogP contribution >= 0.6 is 0 Å². The summed E-state index contributed by atoms with van der Waals surface area (Å²) in [6.07, 6.45) is -4.84. The fourth-order valence-corrected chi connectivity index (χ4v) is 0.612. The molecule has 0 heterocycles. The van der Waals surface area contributed by atoms with E-state index in [1.807, 2.05) is 0 Å². The molecule has 84 valence electrons. The molecule has 0 saturated heterocycles. The molecule has 0 rings (SSSR count). The van der Waals surface area contributed by atoms with Crippen LogP contribution in [-0.2, 0) is 14.3 Å². The number of alkyl halides is 4. The number of carbonyl (C=O) groups excluding carboxylic acids is 1. The van der Waals surface area contributed by atoms with Crippen LogP contribution in [-0.4, -0.2) is 31.2 Å². The molecule has 0 spiro atoms. The summed E-state index contributed by atoms with van der Waals surface area (Å²) in [5.41, 5.74) is 0. The highest BCUT2D eigenvalue weighted by atomic mass is 19.3. The molecule has 0 N–H and O–H groups in total. The van der Waals surface area contributed by atoms with E-state index in [0.717, 1.165) is 6.92 Å². The van der Waals surface area contributed by atoms with E-state index in [2.05, 4.69) is 9.47 Å². The molecule has 0 unspecified atom stereocenters. The van der Waals surface area contributed by atoms with Gasteiger partial charge in [-0.2, -0.15) is 17.6 Å². The number of hydrogen-bond acceptors (Lipinski definition) is 3. The first-order valence-electron chi connectivity index (χ1n) is 3.86. The van der Waals surface area contributed by atoms with Crippen molar-refractivity contribution in [2.24, 2.45) is 0 Å². The lowest BCUT2D eigenvalue weighted by molar-refractivity contribution is -0.337. The fraction of sp³-hybridized carbons (Fsp3) is 0.857. The second kappa shape index (κ2) is 4.59. The zero-order chi connectivity index (χ0) is 11.4. The highest BCUT2D eigenvalue weighted by Gasteiger charge is 2.64.